The van der Waals surface area contributed by atoms with Crippen molar-refractivity contribution in [3.63, 3.8) is 0 Å². The van der Waals surface area contributed by atoms with Crippen molar-refractivity contribution < 1.29 is 8.42 Å². The molecule has 1 aliphatic carbocycles. The van der Waals surface area contributed by atoms with Crippen LogP contribution in [-0.2, 0) is 23.1 Å². The molecule has 7 heteroatoms. The van der Waals surface area contributed by atoms with Crippen LogP contribution in [0, 0.1) is 6.92 Å². The molecular weight excluding hydrogens is 430 g/mol. The number of hydrogen-bond acceptors (Lipinski definition) is 3. The number of rotatable bonds is 7. The molecule has 1 heterocycles. The second-order valence-corrected chi connectivity index (χ2v) is 10.6. The predicted octanol–water partition coefficient (Wildman–Crippen LogP) is 5.42. The minimum atomic E-state index is -3.63. The lowest BCUT2D eigenvalue weighted by atomic mass is 9.95. The maximum atomic E-state index is 13.7. The molecule has 31 heavy (non-hydrogen) atoms. The van der Waals surface area contributed by atoms with E-state index in [2.05, 4.69) is 4.98 Å². The highest BCUT2D eigenvalue weighted by Crippen LogP contribution is 2.29. The molecule has 1 aromatic heterocycles. The van der Waals surface area contributed by atoms with Gasteiger partial charge in [0.05, 0.1) is 11.4 Å². The van der Waals surface area contributed by atoms with Gasteiger partial charge in [-0.15, -0.1) is 0 Å². The van der Waals surface area contributed by atoms with Crippen LogP contribution in [0.2, 0.25) is 5.02 Å². The molecule has 3 aromatic rings. The number of aryl methyl sites for hydroxylation is 1. The number of halogens is 1. The molecule has 0 aliphatic heterocycles. The molecule has 0 spiro atoms. The molecule has 0 amide bonds. The fraction of sp³-hybridized carbons (Fsp3) is 0.375. The summed E-state index contributed by atoms with van der Waals surface area (Å²) in [6, 6.07) is 14.8. The Hall–Kier alpha value is -2.15. The average Bonchev–Trinajstić information content (AvgIpc) is 3.19. The van der Waals surface area contributed by atoms with Crippen LogP contribution < -0.4 is 0 Å². The van der Waals surface area contributed by atoms with Gasteiger partial charge in [-0.05, 0) is 49.6 Å². The molecule has 0 bridgehead atoms. The van der Waals surface area contributed by atoms with Crippen LogP contribution in [0.5, 0.6) is 0 Å². The number of benzene rings is 2. The van der Waals surface area contributed by atoms with Crippen molar-refractivity contribution >= 4 is 21.6 Å². The lowest BCUT2D eigenvalue weighted by Gasteiger charge is -2.33. The third kappa shape index (κ3) is 5.20. The summed E-state index contributed by atoms with van der Waals surface area (Å²) in [7, 11) is -3.63. The quantitative estimate of drug-likeness (QED) is 0.476. The number of hydrogen-bond donors (Lipinski definition) is 0. The highest BCUT2D eigenvalue weighted by Gasteiger charge is 2.33. The maximum Gasteiger partial charge on any atom is 0.243 e. The first-order valence-electron chi connectivity index (χ1n) is 10.8. The molecule has 4 rings (SSSR count). The van der Waals surface area contributed by atoms with Crippen molar-refractivity contribution in [3.05, 3.63) is 82.9 Å². The molecule has 2 aromatic carbocycles. The third-order valence-electron chi connectivity index (χ3n) is 5.95. The van der Waals surface area contributed by atoms with Gasteiger partial charge < -0.3 is 4.57 Å². The van der Waals surface area contributed by atoms with Gasteiger partial charge in [-0.2, -0.15) is 4.31 Å². The van der Waals surface area contributed by atoms with E-state index in [1.54, 1.807) is 22.6 Å². The van der Waals surface area contributed by atoms with Crippen LogP contribution in [0.25, 0.3) is 0 Å². The maximum absolute atomic E-state index is 13.7. The summed E-state index contributed by atoms with van der Waals surface area (Å²) in [6.07, 6.45) is 8.69. The number of aromatic nitrogens is 2. The normalized spacial score (nSPS) is 15.5. The Balaban J connectivity index is 1.64. The van der Waals surface area contributed by atoms with Gasteiger partial charge in [-0.3, -0.25) is 0 Å². The minimum absolute atomic E-state index is 0.00336. The van der Waals surface area contributed by atoms with Gasteiger partial charge in [0.1, 0.15) is 5.82 Å². The summed E-state index contributed by atoms with van der Waals surface area (Å²) in [5.41, 5.74) is 2.09. The van der Waals surface area contributed by atoms with Gasteiger partial charge >= 0.3 is 0 Å². The zero-order chi connectivity index (χ0) is 21.8. The van der Waals surface area contributed by atoms with Crippen molar-refractivity contribution in [2.45, 2.75) is 63.1 Å². The van der Waals surface area contributed by atoms with E-state index >= 15 is 0 Å². The Kier molecular flexibility index (Phi) is 6.80. The van der Waals surface area contributed by atoms with Gasteiger partial charge in [0.25, 0.3) is 0 Å². The Morgan fingerprint density at radius 3 is 2.55 bits per heavy atom. The first-order chi connectivity index (χ1) is 14.9. The fourth-order valence-corrected chi connectivity index (χ4v) is 6.08. The van der Waals surface area contributed by atoms with Crippen LogP contribution in [0.4, 0.5) is 0 Å². The van der Waals surface area contributed by atoms with Gasteiger partial charge in [-0.25, -0.2) is 13.4 Å². The Labute approximate surface area is 189 Å². The molecule has 0 saturated heterocycles. The van der Waals surface area contributed by atoms with Crippen molar-refractivity contribution in [1.82, 2.24) is 13.9 Å². The van der Waals surface area contributed by atoms with Crippen molar-refractivity contribution in [1.29, 1.82) is 0 Å². The Bertz CT molecular complexity index is 1120. The molecule has 1 saturated carbocycles. The van der Waals surface area contributed by atoms with Gasteiger partial charge in [-0.1, -0.05) is 60.7 Å². The first kappa shape index (κ1) is 22.1. The molecular formula is C24H28ClN3O2S. The van der Waals surface area contributed by atoms with Crippen LogP contribution in [-0.4, -0.2) is 28.3 Å². The zero-order valence-electron chi connectivity index (χ0n) is 17.7. The molecule has 0 radical (unpaired) electrons. The first-order valence-corrected chi connectivity index (χ1v) is 12.6. The van der Waals surface area contributed by atoms with Crippen molar-refractivity contribution in [2.24, 2.45) is 0 Å². The highest BCUT2D eigenvalue weighted by molar-refractivity contribution is 7.89. The summed E-state index contributed by atoms with van der Waals surface area (Å²) >= 11 is 6.14. The minimum Gasteiger partial charge on any atom is -0.329 e. The highest BCUT2D eigenvalue weighted by atomic mass is 35.5. The lowest BCUT2D eigenvalue weighted by Crippen LogP contribution is -2.41. The van der Waals surface area contributed by atoms with Crippen molar-refractivity contribution in [3.8, 4) is 0 Å². The average molecular weight is 458 g/mol. The summed E-state index contributed by atoms with van der Waals surface area (Å²) in [5.74, 6) is 0.737. The smallest absolute Gasteiger partial charge is 0.243 e. The van der Waals surface area contributed by atoms with E-state index in [-0.39, 0.29) is 12.6 Å². The zero-order valence-corrected chi connectivity index (χ0v) is 19.3. The van der Waals surface area contributed by atoms with Crippen LogP contribution in [0.3, 0.4) is 0 Å². The molecule has 5 nitrogen and oxygen atoms in total. The standard InChI is InChI=1S/C24H28ClN3O2S/c1-19-10-12-23(13-11-19)31(29,30)28(22-8-3-2-4-9-22)18-24-26-14-15-27(24)17-20-6-5-7-21(25)16-20/h5-7,10-16,22H,2-4,8-9,17-18H2,1H3. The Morgan fingerprint density at radius 1 is 1.10 bits per heavy atom. The number of sulfonamides is 1. The van der Waals surface area contributed by atoms with E-state index in [1.807, 2.05) is 54.1 Å². The SMILES string of the molecule is Cc1ccc(S(=O)(=O)N(Cc2nccn2Cc2cccc(Cl)c2)C2CCCCC2)cc1. The predicted molar refractivity (Wildman–Crippen MR) is 124 cm³/mol. The van der Waals surface area contributed by atoms with E-state index in [1.165, 1.54) is 0 Å². The van der Waals surface area contributed by atoms with Crippen LogP contribution in [0.1, 0.15) is 49.1 Å². The number of nitrogens with zero attached hydrogens (tertiary/aromatic N) is 3. The van der Waals surface area contributed by atoms with Crippen LogP contribution >= 0.6 is 11.6 Å². The van der Waals surface area contributed by atoms with E-state index in [0.717, 1.165) is 49.1 Å². The summed E-state index contributed by atoms with van der Waals surface area (Å²) in [6.45, 7) is 2.81. The van der Waals surface area contributed by atoms with E-state index in [0.29, 0.717) is 16.5 Å². The van der Waals surface area contributed by atoms with E-state index < -0.39 is 10.0 Å². The monoisotopic (exact) mass is 457 g/mol. The summed E-state index contributed by atoms with van der Waals surface area (Å²) < 4.78 is 31.0. The van der Waals surface area contributed by atoms with Gasteiger partial charge in [0, 0.05) is 30.0 Å². The topological polar surface area (TPSA) is 55.2 Å². The molecule has 0 N–H and O–H groups in total. The molecule has 164 valence electrons. The summed E-state index contributed by atoms with van der Waals surface area (Å²) in [5, 5.41) is 0.685. The molecule has 1 aliphatic rings. The molecule has 0 unspecified atom stereocenters. The van der Waals surface area contributed by atoms with Crippen LogP contribution in [0.15, 0.2) is 65.8 Å². The van der Waals surface area contributed by atoms with Gasteiger partial charge in [0.15, 0.2) is 0 Å². The summed E-state index contributed by atoms with van der Waals surface area (Å²) in [4.78, 5) is 4.86. The Morgan fingerprint density at radius 2 is 1.84 bits per heavy atom. The number of imidazole rings is 1. The molecule has 1 fully saturated rings. The largest absolute Gasteiger partial charge is 0.329 e. The second-order valence-electron chi connectivity index (χ2n) is 8.26. The second kappa shape index (κ2) is 9.55. The fourth-order valence-electron chi connectivity index (χ4n) is 4.23. The van der Waals surface area contributed by atoms with E-state index in [9.17, 15) is 8.42 Å². The van der Waals surface area contributed by atoms with Crippen molar-refractivity contribution in [2.75, 3.05) is 0 Å². The lowest BCUT2D eigenvalue weighted by molar-refractivity contribution is 0.242. The van der Waals surface area contributed by atoms with E-state index in [4.69, 9.17) is 11.6 Å². The molecule has 0 atom stereocenters. The van der Waals surface area contributed by atoms with Gasteiger partial charge in [0.2, 0.25) is 10.0 Å². The third-order valence-corrected chi connectivity index (χ3v) is 8.10.